The van der Waals surface area contributed by atoms with Crippen molar-refractivity contribution < 1.29 is 4.79 Å². The molecular weight excluding hydrogens is 144 g/mol. The summed E-state index contributed by atoms with van der Waals surface area (Å²) in [6, 6.07) is 0. The molecule has 0 saturated heterocycles. The molecule has 6 heteroatoms. The molecule has 0 radical (unpaired) electrons. The maximum atomic E-state index is 9.91. The topological polar surface area (TPSA) is 68.6 Å². The lowest BCUT2D eigenvalue weighted by Gasteiger charge is -1.83. The van der Waals surface area contributed by atoms with Crippen LogP contribution < -0.4 is 0 Å². The van der Waals surface area contributed by atoms with E-state index in [0.717, 1.165) is 0 Å². The summed E-state index contributed by atoms with van der Waals surface area (Å²) in [5.41, 5.74) is 0. The molecule has 1 aromatic heterocycles. The number of halogens is 1. The second kappa shape index (κ2) is 2.45. The number of nitrogens with zero attached hydrogens (tertiary/aromatic N) is 4. The van der Waals surface area contributed by atoms with Gasteiger partial charge in [0.2, 0.25) is 11.1 Å². The number of carbonyl (C=O) groups is 1. The first-order valence-electron chi connectivity index (χ1n) is 2.01. The lowest BCUT2D eigenvalue weighted by Crippen LogP contribution is -1.97. The highest BCUT2D eigenvalue weighted by atomic mass is 35.5. The van der Waals surface area contributed by atoms with Crippen LogP contribution in [-0.4, -0.2) is 26.7 Å². The van der Waals surface area contributed by atoms with E-state index in [1.807, 2.05) is 0 Å². The van der Waals surface area contributed by atoms with E-state index in [1.165, 1.54) is 0 Å². The van der Waals surface area contributed by atoms with E-state index < -0.39 is 0 Å². The molecule has 1 aromatic rings. The Morgan fingerprint density at radius 3 is 2.67 bits per heavy atom. The van der Waals surface area contributed by atoms with E-state index in [-0.39, 0.29) is 11.1 Å². The van der Waals surface area contributed by atoms with Crippen LogP contribution in [0.1, 0.15) is 10.6 Å². The Morgan fingerprint density at radius 2 is 2.22 bits per heavy atom. The highest BCUT2D eigenvalue weighted by Gasteiger charge is 1.94. The third-order valence-corrected chi connectivity index (χ3v) is 0.747. The van der Waals surface area contributed by atoms with Gasteiger partial charge in [0.15, 0.2) is 6.29 Å². The van der Waals surface area contributed by atoms with Gasteiger partial charge in [0.1, 0.15) is 0 Å². The molecule has 46 valence electrons. The van der Waals surface area contributed by atoms with E-state index in [0.29, 0.717) is 6.29 Å². The highest BCUT2D eigenvalue weighted by molar-refractivity contribution is 6.28. The second-order valence-corrected chi connectivity index (χ2v) is 1.48. The summed E-state index contributed by atoms with van der Waals surface area (Å²) in [7, 11) is 0. The van der Waals surface area contributed by atoms with Crippen LogP contribution in [0.4, 0.5) is 0 Å². The van der Waals surface area contributed by atoms with E-state index in [9.17, 15) is 4.79 Å². The van der Waals surface area contributed by atoms with Gasteiger partial charge in [-0.2, -0.15) is 4.98 Å². The molecule has 9 heavy (non-hydrogen) atoms. The molecule has 0 saturated carbocycles. The fourth-order valence-electron chi connectivity index (χ4n) is 0.294. The molecular formula is C3HClN4O. The minimum atomic E-state index is -0.0768. The number of aromatic nitrogens is 4. The van der Waals surface area contributed by atoms with Crippen molar-refractivity contribution in [2.45, 2.75) is 0 Å². The largest absolute Gasteiger partial charge is 0.294 e. The van der Waals surface area contributed by atoms with Crippen LogP contribution in [0.15, 0.2) is 0 Å². The first-order valence-corrected chi connectivity index (χ1v) is 2.39. The Kier molecular flexibility index (Phi) is 1.64. The standard InChI is InChI=1S/C3HClN4O/c4-3-5-2(1-9)6-8-7-3/h1H. The van der Waals surface area contributed by atoms with E-state index in [4.69, 9.17) is 11.6 Å². The van der Waals surface area contributed by atoms with Gasteiger partial charge in [-0.25, -0.2) is 0 Å². The quantitative estimate of drug-likeness (QED) is 0.508. The zero-order chi connectivity index (χ0) is 6.69. The highest BCUT2D eigenvalue weighted by Crippen LogP contribution is 1.92. The van der Waals surface area contributed by atoms with E-state index in [1.54, 1.807) is 0 Å². The molecule has 0 aliphatic rings. The third kappa shape index (κ3) is 1.39. The molecule has 0 spiro atoms. The van der Waals surface area contributed by atoms with Crippen molar-refractivity contribution >= 4 is 17.9 Å². The van der Waals surface area contributed by atoms with Crippen LogP contribution in [0.2, 0.25) is 5.28 Å². The van der Waals surface area contributed by atoms with Crippen molar-refractivity contribution in [2.75, 3.05) is 0 Å². The summed E-state index contributed by atoms with van der Waals surface area (Å²) in [6.07, 6.45) is 0.445. The zero-order valence-electron chi connectivity index (χ0n) is 4.15. The van der Waals surface area contributed by atoms with Crippen LogP contribution in [0, 0.1) is 0 Å². The Bertz CT molecular complexity index is 227. The van der Waals surface area contributed by atoms with Crippen LogP contribution in [0.3, 0.4) is 0 Å². The van der Waals surface area contributed by atoms with Crippen LogP contribution in [0.25, 0.3) is 0 Å². The van der Waals surface area contributed by atoms with E-state index >= 15 is 0 Å². The number of aldehydes is 1. The Labute approximate surface area is 55.1 Å². The summed E-state index contributed by atoms with van der Waals surface area (Å²) < 4.78 is 0. The fraction of sp³-hybridized carbons (Fsp3) is 0. The molecule has 0 amide bonds. The lowest BCUT2D eigenvalue weighted by atomic mass is 10.7. The van der Waals surface area contributed by atoms with Crippen LogP contribution >= 0.6 is 11.6 Å². The third-order valence-electron chi connectivity index (χ3n) is 0.587. The van der Waals surface area contributed by atoms with Gasteiger partial charge in [0, 0.05) is 0 Å². The molecule has 0 N–H and O–H groups in total. The summed E-state index contributed by atoms with van der Waals surface area (Å²) in [5, 5.41) is 9.51. The van der Waals surface area contributed by atoms with Crippen molar-refractivity contribution in [3.63, 3.8) is 0 Å². The number of hydrogen-bond acceptors (Lipinski definition) is 5. The van der Waals surface area contributed by atoms with Gasteiger partial charge in [-0.05, 0) is 16.8 Å². The smallest absolute Gasteiger partial charge is 0.246 e. The van der Waals surface area contributed by atoms with Crippen molar-refractivity contribution in [1.82, 2.24) is 20.4 Å². The lowest BCUT2D eigenvalue weighted by molar-refractivity contribution is 0.111. The minimum absolute atomic E-state index is 0.0602. The molecule has 5 nitrogen and oxygen atoms in total. The van der Waals surface area contributed by atoms with Gasteiger partial charge >= 0.3 is 0 Å². The predicted molar refractivity (Wildman–Crippen MR) is 28.0 cm³/mol. The minimum Gasteiger partial charge on any atom is -0.294 e. The first kappa shape index (κ1) is 6.03. The predicted octanol–water partition coefficient (Wildman–Crippen LogP) is -0.268. The Balaban J connectivity index is 3.07. The molecule has 0 bridgehead atoms. The second-order valence-electron chi connectivity index (χ2n) is 1.15. The molecule has 1 rings (SSSR count). The molecule has 0 unspecified atom stereocenters. The zero-order valence-corrected chi connectivity index (χ0v) is 4.91. The van der Waals surface area contributed by atoms with Crippen LogP contribution in [0.5, 0.6) is 0 Å². The van der Waals surface area contributed by atoms with Crippen molar-refractivity contribution in [3.8, 4) is 0 Å². The average Bonchev–Trinajstić information content (AvgIpc) is 1.88. The number of rotatable bonds is 1. The molecule has 0 atom stereocenters. The number of hydrogen-bond donors (Lipinski definition) is 0. The monoisotopic (exact) mass is 144 g/mol. The van der Waals surface area contributed by atoms with Crippen LogP contribution in [-0.2, 0) is 0 Å². The van der Waals surface area contributed by atoms with Gasteiger partial charge in [0.25, 0.3) is 0 Å². The summed E-state index contributed by atoms with van der Waals surface area (Å²) in [5.74, 6) is -0.0602. The van der Waals surface area contributed by atoms with Gasteiger partial charge < -0.3 is 0 Å². The molecule has 0 aliphatic heterocycles. The van der Waals surface area contributed by atoms with E-state index in [2.05, 4.69) is 20.4 Å². The maximum Gasteiger partial charge on any atom is 0.246 e. The Morgan fingerprint density at radius 1 is 1.44 bits per heavy atom. The average molecular weight is 145 g/mol. The molecule has 1 heterocycles. The maximum absolute atomic E-state index is 9.91. The van der Waals surface area contributed by atoms with Crippen molar-refractivity contribution in [2.24, 2.45) is 0 Å². The SMILES string of the molecule is O=Cc1nnnc(Cl)n1. The summed E-state index contributed by atoms with van der Waals surface area (Å²) >= 11 is 5.24. The fourth-order valence-corrected chi connectivity index (χ4v) is 0.415. The molecule has 0 aliphatic carbocycles. The van der Waals surface area contributed by atoms with Gasteiger partial charge in [-0.1, -0.05) is 5.10 Å². The molecule has 0 fully saturated rings. The van der Waals surface area contributed by atoms with Gasteiger partial charge in [0.05, 0.1) is 0 Å². The summed E-state index contributed by atoms with van der Waals surface area (Å²) in [6.45, 7) is 0. The molecule has 0 aromatic carbocycles. The first-order chi connectivity index (χ1) is 4.33. The van der Waals surface area contributed by atoms with Crippen molar-refractivity contribution in [3.05, 3.63) is 11.1 Å². The van der Waals surface area contributed by atoms with Gasteiger partial charge in [-0.3, -0.25) is 4.79 Å². The van der Waals surface area contributed by atoms with Gasteiger partial charge in [-0.15, -0.1) is 5.10 Å². The number of carbonyl (C=O) groups excluding carboxylic acids is 1. The Hall–Kier alpha value is -1.10. The normalized spacial score (nSPS) is 9.00. The summed E-state index contributed by atoms with van der Waals surface area (Å²) in [4.78, 5) is 13.3. The van der Waals surface area contributed by atoms with Crippen molar-refractivity contribution in [1.29, 1.82) is 0 Å².